The fraction of sp³-hybridized carbons (Fsp3) is 0.474. The van der Waals surface area contributed by atoms with Crippen molar-refractivity contribution in [3.8, 4) is 0 Å². The van der Waals surface area contributed by atoms with Gasteiger partial charge in [0.2, 0.25) is 10.0 Å². The van der Waals surface area contributed by atoms with E-state index in [-0.39, 0.29) is 24.4 Å². The van der Waals surface area contributed by atoms with Crippen LogP contribution < -0.4 is 0 Å². The second-order valence-electron chi connectivity index (χ2n) is 6.38. The molecule has 1 aliphatic rings. The Morgan fingerprint density at radius 2 is 2.00 bits per heavy atom. The molecule has 0 radical (unpaired) electrons. The van der Waals surface area contributed by atoms with E-state index in [1.807, 2.05) is 19.1 Å². The smallest absolute Gasteiger partial charge is 0.243 e. The number of allylic oxidation sites excluding steroid dienone is 1. The van der Waals surface area contributed by atoms with Gasteiger partial charge >= 0.3 is 0 Å². The first-order chi connectivity index (χ1) is 11.4. The van der Waals surface area contributed by atoms with Crippen LogP contribution in [-0.4, -0.2) is 37.5 Å². The number of hydrogen-bond donors (Lipinski definition) is 1. The molecule has 24 heavy (non-hydrogen) atoms. The number of nitrogens with zero attached hydrogens (tertiary/aromatic N) is 1. The lowest BCUT2D eigenvalue weighted by Crippen LogP contribution is -2.30. The predicted molar refractivity (Wildman–Crippen MR) is 97.1 cm³/mol. The standard InChI is InChI=1S/C19H27NO3S/c1-4-6-7-17-12-20(13-19(17)16(5-2)14-21)24(22,23)18-10-8-15(3)9-11-18/h5-11,16-17,19,21H,2,4,12-14H2,1,3H3/b7-6+/t16-,17+,19-/m0/s1. The van der Waals surface area contributed by atoms with Crippen molar-refractivity contribution in [1.82, 2.24) is 4.31 Å². The molecule has 0 spiro atoms. The molecule has 3 atom stereocenters. The van der Waals surface area contributed by atoms with Crippen LogP contribution >= 0.6 is 0 Å². The van der Waals surface area contributed by atoms with Crippen molar-refractivity contribution in [1.29, 1.82) is 0 Å². The Morgan fingerprint density at radius 1 is 1.33 bits per heavy atom. The minimum absolute atomic E-state index is 0.0109. The van der Waals surface area contributed by atoms with E-state index in [2.05, 4.69) is 25.7 Å². The first-order valence-corrected chi connectivity index (χ1v) is 9.85. The van der Waals surface area contributed by atoms with Crippen molar-refractivity contribution in [3.05, 3.63) is 54.6 Å². The van der Waals surface area contributed by atoms with Gasteiger partial charge in [0.25, 0.3) is 0 Å². The van der Waals surface area contributed by atoms with Crippen LogP contribution in [-0.2, 0) is 10.0 Å². The van der Waals surface area contributed by atoms with Crippen LogP contribution in [0.15, 0.2) is 54.0 Å². The summed E-state index contributed by atoms with van der Waals surface area (Å²) in [6, 6.07) is 6.95. The van der Waals surface area contributed by atoms with E-state index in [0.29, 0.717) is 18.0 Å². The van der Waals surface area contributed by atoms with Crippen molar-refractivity contribution >= 4 is 10.0 Å². The normalized spacial score (nSPS) is 23.6. The summed E-state index contributed by atoms with van der Waals surface area (Å²) in [5.74, 6) is 0.0468. The molecule has 0 bridgehead atoms. The first-order valence-electron chi connectivity index (χ1n) is 8.41. The topological polar surface area (TPSA) is 57.6 Å². The van der Waals surface area contributed by atoms with Gasteiger partial charge in [0.1, 0.15) is 0 Å². The minimum Gasteiger partial charge on any atom is -0.396 e. The van der Waals surface area contributed by atoms with E-state index in [0.717, 1.165) is 12.0 Å². The molecule has 1 fully saturated rings. The summed E-state index contributed by atoms with van der Waals surface area (Å²) in [5, 5.41) is 9.60. The molecule has 1 heterocycles. The van der Waals surface area contributed by atoms with Crippen LogP contribution in [0.5, 0.6) is 0 Å². The molecule has 0 saturated carbocycles. The lowest BCUT2D eigenvalue weighted by atomic mass is 9.84. The van der Waals surface area contributed by atoms with Crippen LogP contribution in [0.4, 0.5) is 0 Å². The van der Waals surface area contributed by atoms with E-state index < -0.39 is 10.0 Å². The number of sulfonamides is 1. The zero-order valence-corrected chi connectivity index (χ0v) is 15.2. The largest absolute Gasteiger partial charge is 0.396 e. The summed E-state index contributed by atoms with van der Waals surface area (Å²) >= 11 is 0. The van der Waals surface area contributed by atoms with Crippen LogP contribution in [0, 0.1) is 24.7 Å². The van der Waals surface area contributed by atoms with Gasteiger partial charge in [-0.1, -0.05) is 42.8 Å². The third kappa shape index (κ3) is 3.97. The SMILES string of the molecule is C=C[C@@H](CO)[C@@H]1CN(S(=O)(=O)c2ccc(C)cc2)C[C@H]1/C=C/CC. The van der Waals surface area contributed by atoms with E-state index in [4.69, 9.17) is 0 Å². The molecule has 0 amide bonds. The van der Waals surface area contributed by atoms with Crippen molar-refractivity contribution < 1.29 is 13.5 Å². The number of rotatable bonds is 7. The molecule has 132 valence electrons. The van der Waals surface area contributed by atoms with Crippen LogP contribution in [0.2, 0.25) is 0 Å². The van der Waals surface area contributed by atoms with Gasteiger partial charge in [0.15, 0.2) is 0 Å². The van der Waals surface area contributed by atoms with E-state index in [1.165, 1.54) is 0 Å². The van der Waals surface area contributed by atoms with Crippen LogP contribution in [0.25, 0.3) is 0 Å². The third-order valence-electron chi connectivity index (χ3n) is 4.72. The van der Waals surface area contributed by atoms with Crippen molar-refractivity contribution in [2.75, 3.05) is 19.7 Å². The Hall–Kier alpha value is -1.43. The summed E-state index contributed by atoms with van der Waals surface area (Å²) in [7, 11) is -3.51. The van der Waals surface area contributed by atoms with Crippen molar-refractivity contribution in [3.63, 3.8) is 0 Å². The molecule has 1 aliphatic heterocycles. The molecular formula is C19H27NO3S. The number of hydrogen-bond acceptors (Lipinski definition) is 3. The van der Waals surface area contributed by atoms with Gasteiger partial charge in [-0.15, -0.1) is 6.58 Å². The zero-order valence-electron chi connectivity index (χ0n) is 14.4. The van der Waals surface area contributed by atoms with E-state index in [1.54, 1.807) is 22.5 Å². The monoisotopic (exact) mass is 349 g/mol. The van der Waals surface area contributed by atoms with E-state index >= 15 is 0 Å². The average molecular weight is 349 g/mol. The molecule has 0 aliphatic carbocycles. The lowest BCUT2D eigenvalue weighted by molar-refractivity contribution is 0.200. The van der Waals surface area contributed by atoms with Gasteiger partial charge in [-0.05, 0) is 37.3 Å². The third-order valence-corrected chi connectivity index (χ3v) is 6.57. The molecule has 2 rings (SSSR count). The molecule has 1 aromatic carbocycles. The van der Waals surface area contributed by atoms with E-state index in [9.17, 15) is 13.5 Å². The second-order valence-corrected chi connectivity index (χ2v) is 8.32. The summed E-state index contributed by atoms with van der Waals surface area (Å²) in [5.41, 5.74) is 1.03. The fourth-order valence-electron chi connectivity index (χ4n) is 3.22. The highest BCUT2D eigenvalue weighted by Gasteiger charge is 2.40. The second kappa shape index (κ2) is 8.10. The summed E-state index contributed by atoms with van der Waals surface area (Å²) in [4.78, 5) is 0.325. The average Bonchev–Trinajstić information content (AvgIpc) is 2.99. The van der Waals surface area contributed by atoms with Crippen LogP contribution in [0.3, 0.4) is 0 Å². The highest BCUT2D eigenvalue weighted by molar-refractivity contribution is 7.89. The van der Waals surface area contributed by atoms with Gasteiger partial charge < -0.3 is 5.11 Å². The molecule has 1 aromatic rings. The van der Waals surface area contributed by atoms with Gasteiger partial charge in [0.05, 0.1) is 4.90 Å². The quantitative estimate of drug-likeness (QED) is 0.770. The number of aliphatic hydroxyl groups is 1. The summed E-state index contributed by atoms with van der Waals surface area (Å²) in [6.45, 7) is 8.63. The van der Waals surface area contributed by atoms with Crippen molar-refractivity contribution in [2.45, 2.75) is 25.2 Å². The lowest BCUT2D eigenvalue weighted by Gasteiger charge is -2.22. The van der Waals surface area contributed by atoms with Gasteiger partial charge in [-0.3, -0.25) is 0 Å². The molecular weight excluding hydrogens is 322 g/mol. The van der Waals surface area contributed by atoms with Crippen LogP contribution in [0.1, 0.15) is 18.9 Å². The Kier molecular flexibility index (Phi) is 6.38. The molecule has 0 unspecified atom stereocenters. The fourth-order valence-corrected chi connectivity index (χ4v) is 4.74. The Balaban J connectivity index is 2.29. The Bertz CT molecular complexity index is 679. The predicted octanol–water partition coefficient (Wildman–Crippen LogP) is 2.99. The maximum Gasteiger partial charge on any atom is 0.243 e. The highest BCUT2D eigenvalue weighted by Crippen LogP contribution is 2.34. The molecule has 5 heteroatoms. The number of aryl methyl sites for hydroxylation is 1. The molecule has 4 nitrogen and oxygen atoms in total. The summed E-state index contributed by atoms with van der Waals surface area (Å²) in [6.07, 6.45) is 6.80. The van der Waals surface area contributed by atoms with Crippen molar-refractivity contribution in [2.24, 2.45) is 17.8 Å². The van der Waals surface area contributed by atoms with Gasteiger partial charge in [-0.2, -0.15) is 4.31 Å². The maximum absolute atomic E-state index is 12.9. The maximum atomic E-state index is 12.9. The summed E-state index contributed by atoms with van der Waals surface area (Å²) < 4.78 is 27.4. The molecule has 1 N–H and O–H groups in total. The Labute approximate surface area is 145 Å². The highest BCUT2D eigenvalue weighted by atomic mass is 32.2. The number of aliphatic hydroxyl groups excluding tert-OH is 1. The minimum atomic E-state index is -3.51. The molecule has 1 saturated heterocycles. The van der Waals surface area contributed by atoms with Gasteiger partial charge in [-0.25, -0.2) is 8.42 Å². The van der Waals surface area contributed by atoms with Gasteiger partial charge in [0, 0.05) is 25.6 Å². The number of benzene rings is 1. The zero-order chi connectivity index (χ0) is 17.7. The Morgan fingerprint density at radius 3 is 2.54 bits per heavy atom. The first kappa shape index (κ1) is 18.9. The molecule has 0 aromatic heterocycles.